The van der Waals surface area contributed by atoms with Crippen LogP contribution < -0.4 is 10.2 Å². The Labute approximate surface area is 188 Å². The highest BCUT2D eigenvalue weighted by molar-refractivity contribution is 5.91. The number of rotatable bonds is 7. The van der Waals surface area contributed by atoms with Gasteiger partial charge in [-0.2, -0.15) is 5.26 Å². The van der Waals surface area contributed by atoms with Gasteiger partial charge < -0.3 is 10.2 Å². The third-order valence-corrected chi connectivity index (χ3v) is 5.59. The highest BCUT2D eigenvalue weighted by atomic mass is 16.1. The molecule has 0 amide bonds. The van der Waals surface area contributed by atoms with Crippen molar-refractivity contribution in [2.75, 3.05) is 23.3 Å². The predicted molar refractivity (Wildman–Crippen MR) is 127 cm³/mol. The van der Waals surface area contributed by atoms with Crippen molar-refractivity contribution in [3.63, 3.8) is 0 Å². The number of nitrogens with zero attached hydrogens (tertiary/aromatic N) is 4. The highest BCUT2D eigenvalue weighted by Gasteiger charge is 2.12. The van der Waals surface area contributed by atoms with E-state index in [2.05, 4.69) is 45.0 Å². The Bertz CT molecular complexity index is 1170. The van der Waals surface area contributed by atoms with E-state index in [9.17, 15) is 10.1 Å². The molecule has 6 heteroatoms. The molecule has 0 spiro atoms. The summed E-state index contributed by atoms with van der Waals surface area (Å²) < 4.78 is 0. The molecule has 1 fully saturated rings. The zero-order valence-corrected chi connectivity index (χ0v) is 17.9. The van der Waals surface area contributed by atoms with Crippen molar-refractivity contribution >= 4 is 23.1 Å². The minimum atomic E-state index is -0.128. The molecule has 2 aromatic carbocycles. The molecule has 3 aromatic rings. The smallest absolute Gasteiger partial charge is 0.227 e. The quantitative estimate of drug-likeness (QED) is 0.536. The van der Waals surface area contributed by atoms with Crippen LogP contribution >= 0.6 is 0 Å². The van der Waals surface area contributed by atoms with Crippen LogP contribution in [0, 0.1) is 11.3 Å². The maximum Gasteiger partial charge on any atom is 0.227 e. The first-order valence-corrected chi connectivity index (χ1v) is 10.8. The van der Waals surface area contributed by atoms with Gasteiger partial charge in [-0.1, -0.05) is 18.7 Å². The summed E-state index contributed by atoms with van der Waals surface area (Å²) in [5, 5.41) is 12.7. The van der Waals surface area contributed by atoms with Gasteiger partial charge in [0.15, 0.2) is 5.78 Å². The molecule has 4 rings (SSSR count). The number of hydrogen-bond donors (Lipinski definition) is 1. The Morgan fingerprint density at radius 2 is 2.00 bits per heavy atom. The molecule has 0 bridgehead atoms. The molecule has 0 atom stereocenters. The largest absolute Gasteiger partial charge is 0.371 e. The van der Waals surface area contributed by atoms with Crippen LogP contribution in [0.15, 0.2) is 67.4 Å². The topological polar surface area (TPSA) is 81.9 Å². The fourth-order valence-corrected chi connectivity index (χ4v) is 3.91. The van der Waals surface area contributed by atoms with E-state index in [0.717, 1.165) is 24.3 Å². The van der Waals surface area contributed by atoms with Crippen molar-refractivity contribution in [3.05, 3.63) is 78.5 Å². The first-order chi connectivity index (χ1) is 15.7. The van der Waals surface area contributed by atoms with E-state index in [-0.39, 0.29) is 12.2 Å². The average molecular weight is 424 g/mol. The fraction of sp³-hybridized carbons (Fsp3) is 0.231. The SMILES string of the molecule is C=CC(=O)Cc1cc(-c2ccnc(Nc3cccc(N4CCCCC4)c3)n2)ccc1C#N. The molecule has 1 saturated heterocycles. The van der Waals surface area contributed by atoms with Crippen LogP contribution in [0.4, 0.5) is 17.3 Å². The summed E-state index contributed by atoms with van der Waals surface area (Å²) >= 11 is 0. The second-order valence-electron chi connectivity index (χ2n) is 7.82. The zero-order valence-electron chi connectivity index (χ0n) is 17.9. The van der Waals surface area contributed by atoms with E-state index < -0.39 is 0 Å². The molecule has 32 heavy (non-hydrogen) atoms. The lowest BCUT2D eigenvalue weighted by atomic mass is 9.98. The van der Waals surface area contributed by atoms with E-state index in [1.165, 1.54) is 31.0 Å². The number of benzene rings is 2. The first-order valence-electron chi connectivity index (χ1n) is 10.8. The van der Waals surface area contributed by atoms with Crippen molar-refractivity contribution in [3.8, 4) is 17.3 Å². The lowest BCUT2D eigenvalue weighted by molar-refractivity contribution is -0.114. The third kappa shape index (κ3) is 5.01. The standard InChI is InChI=1S/C26H25N5O/c1-2-24(32)16-21-15-19(9-10-20(21)18-27)25-11-12-28-26(30-25)29-22-7-6-8-23(17-22)31-13-4-3-5-14-31/h2,6-12,15,17H,1,3-5,13-14,16H2,(H,28,29,30). The lowest BCUT2D eigenvalue weighted by Crippen LogP contribution is -2.29. The lowest BCUT2D eigenvalue weighted by Gasteiger charge is -2.29. The van der Waals surface area contributed by atoms with Gasteiger partial charge in [-0.15, -0.1) is 0 Å². The number of anilines is 3. The molecule has 1 N–H and O–H groups in total. The minimum Gasteiger partial charge on any atom is -0.371 e. The number of carbonyl (C=O) groups excluding carboxylic acids is 1. The van der Waals surface area contributed by atoms with Gasteiger partial charge in [-0.25, -0.2) is 9.97 Å². The number of piperidine rings is 1. The van der Waals surface area contributed by atoms with Crippen LogP contribution in [0.3, 0.4) is 0 Å². The van der Waals surface area contributed by atoms with Crippen molar-refractivity contribution in [1.82, 2.24) is 9.97 Å². The molecule has 0 unspecified atom stereocenters. The number of carbonyl (C=O) groups is 1. The van der Waals surface area contributed by atoms with Crippen LogP contribution in [-0.2, 0) is 11.2 Å². The number of allylic oxidation sites excluding steroid dienone is 1. The Balaban J connectivity index is 1.57. The van der Waals surface area contributed by atoms with Crippen molar-refractivity contribution in [1.29, 1.82) is 5.26 Å². The van der Waals surface area contributed by atoms with Crippen LogP contribution in [-0.4, -0.2) is 28.8 Å². The Morgan fingerprint density at radius 1 is 1.16 bits per heavy atom. The van der Waals surface area contributed by atoms with Gasteiger partial charge in [0.05, 0.1) is 17.3 Å². The fourth-order valence-electron chi connectivity index (χ4n) is 3.91. The first kappa shape index (κ1) is 21.3. The number of ketones is 1. The molecule has 1 aliphatic rings. The maximum absolute atomic E-state index is 11.8. The van der Waals surface area contributed by atoms with E-state index in [4.69, 9.17) is 0 Å². The van der Waals surface area contributed by atoms with Gasteiger partial charge in [-0.3, -0.25) is 4.79 Å². The van der Waals surface area contributed by atoms with Gasteiger partial charge in [0.1, 0.15) is 0 Å². The summed E-state index contributed by atoms with van der Waals surface area (Å²) in [4.78, 5) is 23.3. The van der Waals surface area contributed by atoms with E-state index >= 15 is 0 Å². The van der Waals surface area contributed by atoms with Crippen molar-refractivity contribution < 1.29 is 4.79 Å². The van der Waals surface area contributed by atoms with Gasteiger partial charge in [0, 0.05) is 42.6 Å². The second-order valence-corrected chi connectivity index (χ2v) is 7.82. The number of nitriles is 1. The minimum absolute atomic E-state index is 0.128. The van der Waals surface area contributed by atoms with Gasteiger partial charge in [-0.05, 0) is 67.3 Å². The molecule has 0 saturated carbocycles. The number of aromatic nitrogens is 2. The normalized spacial score (nSPS) is 13.3. The molecule has 160 valence electrons. The van der Waals surface area contributed by atoms with Crippen molar-refractivity contribution in [2.24, 2.45) is 0 Å². The van der Waals surface area contributed by atoms with E-state index in [1.807, 2.05) is 30.3 Å². The summed E-state index contributed by atoms with van der Waals surface area (Å²) in [6.45, 7) is 5.69. The predicted octanol–water partition coefficient (Wildman–Crippen LogP) is 5.05. The third-order valence-electron chi connectivity index (χ3n) is 5.59. The average Bonchev–Trinajstić information content (AvgIpc) is 2.85. The Morgan fingerprint density at radius 3 is 2.78 bits per heavy atom. The van der Waals surface area contributed by atoms with Crippen LogP contribution in [0.25, 0.3) is 11.3 Å². The second kappa shape index (κ2) is 9.88. The monoisotopic (exact) mass is 423 g/mol. The number of hydrogen-bond acceptors (Lipinski definition) is 6. The van der Waals surface area contributed by atoms with Gasteiger partial charge in [0.2, 0.25) is 5.95 Å². The summed E-state index contributed by atoms with van der Waals surface area (Å²) in [5.74, 6) is 0.364. The maximum atomic E-state index is 11.8. The summed E-state index contributed by atoms with van der Waals surface area (Å²) in [6.07, 6.45) is 6.87. The molecule has 1 aliphatic heterocycles. The summed E-state index contributed by atoms with van der Waals surface area (Å²) in [5.41, 5.74) is 4.81. The molecule has 1 aromatic heterocycles. The van der Waals surface area contributed by atoms with Gasteiger partial charge in [0.25, 0.3) is 0 Å². The van der Waals surface area contributed by atoms with Crippen LogP contribution in [0.5, 0.6) is 0 Å². The molecule has 0 aliphatic carbocycles. The molecular formula is C26H25N5O. The molecule has 2 heterocycles. The van der Waals surface area contributed by atoms with E-state index in [1.54, 1.807) is 12.3 Å². The summed E-state index contributed by atoms with van der Waals surface area (Å²) in [6, 6.07) is 17.7. The Kier molecular flexibility index (Phi) is 6.57. The van der Waals surface area contributed by atoms with E-state index in [0.29, 0.717) is 22.8 Å². The molecule has 6 nitrogen and oxygen atoms in total. The van der Waals surface area contributed by atoms with Gasteiger partial charge >= 0.3 is 0 Å². The Hall–Kier alpha value is -3.98. The number of nitrogens with one attached hydrogen (secondary N) is 1. The highest BCUT2D eigenvalue weighted by Crippen LogP contribution is 2.26. The summed E-state index contributed by atoms with van der Waals surface area (Å²) in [7, 11) is 0. The zero-order chi connectivity index (χ0) is 22.3. The van der Waals surface area contributed by atoms with Crippen molar-refractivity contribution in [2.45, 2.75) is 25.7 Å². The molecular weight excluding hydrogens is 398 g/mol. The van der Waals surface area contributed by atoms with Crippen LogP contribution in [0.1, 0.15) is 30.4 Å². The molecule has 0 radical (unpaired) electrons. The van der Waals surface area contributed by atoms with Crippen LogP contribution in [0.2, 0.25) is 0 Å².